The highest BCUT2D eigenvalue weighted by Gasteiger charge is 2.43. The largest absolute Gasteiger partial charge is 0.385 e. The van der Waals surface area contributed by atoms with Gasteiger partial charge in [0.2, 0.25) is 0 Å². The molecule has 0 bridgehead atoms. The summed E-state index contributed by atoms with van der Waals surface area (Å²) in [7, 11) is 0. The van der Waals surface area contributed by atoms with Crippen LogP contribution in [0.1, 0.15) is 51.4 Å². The zero-order valence-corrected chi connectivity index (χ0v) is 8.84. The van der Waals surface area contributed by atoms with Crippen molar-refractivity contribution in [3.8, 4) is 0 Å². The van der Waals surface area contributed by atoms with E-state index in [-0.39, 0.29) is 6.04 Å². The van der Waals surface area contributed by atoms with Gasteiger partial charge in [-0.1, -0.05) is 18.9 Å². The van der Waals surface area contributed by atoms with Crippen LogP contribution in [0.3, 0.4) is 0 Å². The van der Waals surface area contributed by atoms with Crippen molar-refractivity contribution in [1.29, 1.82) is 0 Å². The summed E-state index contributed by atoms with van der Waals surface area (Å²) in [4.78, 5) is 0. The van der Waals surface area contributed by atoms with Crippen molar-refractivity contribution in [3.05, 3.63) is 11.6 Å². The summed E-state index contributed by atoms with van der Waals surface area (Å²) in [5.74, 6) is 0. The summed E-state index contributed by atoms with van der Waals surface area (Å²) in [6, 6.07) is 0.228. The Labute approximate surface area is 86.2 Å². The molecule has 0 aliphatic heterocycles. The smallest absolute Gasteiger partial charge is 0.0886 e. The van der Waals surface area contributed by atoms with E-state index in [2.05, 4.69) is 6.08 Å². The summed E-state index contributed by atoms with van der Waals surface area (Å²) < 4.78 is 0. The lowest BCUT2D eigenvalue weighted by atomic mass is 9.69. The molecule has 80 valence electrons. The minimum Gasteiger partial charge on any atom is -0.385 e. The first-order chi connectivity index (χ1) is 6.71. The Kier molecular flexibility index (Phi) is 2.93. The summed E-state index contributed by atoms with van der Waals surface area (Å²) in [5.41, 5.74) is 6.50. The minimum absolute atomic E-state index is 0.228. The lowest BCUT2D eigenvalue weighted by Gasteiger charge is -2.44. The van der Waals surface area contributed by atoms with Crippen LogP contribution < -0.4 is 5.73 Å². The van der Waals surface area contributed by atoms with E-state index in [1.165, 1.54) is 31.3 Å². The van der Waals surface area contributed by atoms with Crippen LogP contribution in [0, 0.1) is 0 Å². The predicted octanol–water partition coefficient (Wildman–Crippen LogP) is 2.12. The Bertz CT molecular complexity index is 228. The van der Waals surface area contributed by atoms with Gasteiger partial charge in [-0.25, -0.2) is 0 Å². The molecule has 1 saturated carbocycles. The molecule has 3 N–H and O–H groups in total. The number of aliphatic hydroxyl groups is 1. The first-order valence-corrected chi connectivity index (χ1v) is 5.88. The fraction of sp³-hybridized carbons (Fsp3) is 0.833. The van der Waals surface area contributed by atoms with E-state index >= 15 is 0 Å². The fourth-order valence-corrected chi connectivity index (χ4v) is 2.68. The molecule has 0 saturated heterocycles. The highest BCUT2D eigenvalue weighted by molar-refractivity contribution is 5.23. The SMILES string of the molecule is NC1CC(O)(C2=CCCCCCC2)C1. The van der Waals surface area contributed by atoms with E-state index in [0.29, 0.717) is 0 Å². The number of hydrogen-bond donors (Lipinski definition) is 2. The summed E-state index contributed by atoms with van der Waals surface area (Å²) in [6.45, 7) is 0. The van der Waals surface area contributed by atoms with Crippen LogP contribution in [0.4, 0.5) is 0 Å². The average Bonchev–Trinajstić information content (AvgIpc) is 1.99. The van der Waals surface area contributed by atoms with Crippen LogP contribution in [0.15, 0.2) is 11.6 Å². The molecule has 0 aromatic heterocycles. The van der Waals surface area contributed by atoms with Crippen LogP contribution in [0.2, 0.25) is 0 Å². The molecule has 0 aromatic rings. The van der Waals surface area contributed by atoms with Crippen molar-refractivity contribution in [2.45, 2.75) is 63.0 Å². The molecule has 0 heterocycles. The van der Waals surface area contributed by atoms with E-state index in [4.69, 9.17) is 5.73 Å². The maximum absolute atomic E-state index is 10.3. The van der Waals surface area contributed by atoms with Crippen molar-refractivity contribution >= 4 is 0 Å². The quantitative estimate of drug-likeness (QED) is 0.629. The molecule has 2 aliphatic carbocycles. The minimum atomic E-state index is -0.517. The van der Waals surface area contributed by atoms with Crippen LogP contribution in [-0.4, -0.2) is 16.7 Å². The first kappa shape index (κ1) is 10.2. The topological polar surface area (TPSA) is 46.2 Å². The lowest BCUT2D eigenvalue weighted by Crippen LogP contribution is -2.52. The van der Waals surface area contributed by atoms with E-state index in [0.717, 1.165) is 25.7 Å². The van der Waals surface area contributed by atoms with Crippen LogP contribution >= 0.6 is 0 Å². The highest BCUT2D eigenvalue weighted by atomic mass is 16.3. The Morgan fingerprint density at radius 2 is 1.93 bits per heavy atom. The Morgan fingerprint density at radius 1 is 1.21 bits per heavy atom. The molecule has 0 aromatic carbocycles. The van der Waals surface area contributed by atoms with E-state index in [1.54, 1.807) is 0 Å². The summed E-state index contributed by atoms with van der Waals surface area (Å²) in [6.07, 6.45) is 11.2. The summed E-state index contributed by atoms with van der Waals surface area (Å²) >= 11 is 0. The van der Waals surface area contributed by atoms with Gasteiger partial charge in [-0.15, -0.1) is 0 Å². The molecule has 1 fully saturated rings. The third-order valence-corrected chi connectivity index (χ3v) is 3.59. The molecule has 2 rings (SSSR count). The monoisotopic (exact) mass is 195 g/mol. The molecule has 2 aliphatic rings. The molecule has 0 atom stereocenters. The van der Waals surface area contributed by atoms with Gasteiger partial charge in [0.15, 0.2) is 0 Å². The van der Waals surface area contributed by atoms with Gasteiger partial charge in [-0.2, -0.15) is 0 Å². The van der Waals surface area contributed by atoms with Crippen LogP contribution in [0.5, 0.6) is 0 Å². The van der Waals surface area contributed by atoms with E-state index in [1.807, 2.05) is 0 Å². The van der Waals surface area contributed by atoms with Gasteiger partial charge in [0.05, 0.1) is 5.60 Å². The second kappa shape index (κ2) is 4.03. The van der Waals surface area contributed by atoms with Gasteiger partial charge in [0, 0.05) is 6.04 Å². The number of allylic oxidation sites excluding steroid dienone is 1. The molecule has 0 amide bonds. The van der Waals surface area contributed by atoms with Gasteiger partial charge >= 0.3 is 0 Å². The first-order valence-electron chi connectivity index (χ1n) is 5.88. The Hall–Kier alpha value is -0.340. The lowest BCUT2D eigenvalue weighted by molar-refractivity contribution is -0.0154. The zero-order valence-electron chi connectivity index (χ0n) is 8.84. The number of hydrogen-bond acceptors (Lipinski definition) is 2. The third-order valence-electron chi connectivity index (χ3n) is 3.59. The van der Waals surface area contributed by atoms with Gasteiger partial charge in [0.1, 0.15) is 0 Å². The molecular formula is C12H21NO. The normalized spacial score (nSPS) is 39.3. The standard InChI is InChI=1S/C12H21NO/c13-11-8-12(14,9-11)10-6-4-2-1-3-5-7-10/h6,11,14H,1-5,7-9,13H2. The molecule has 2 heteroatoms. The molecule has 0 spiro atoms. The van der Waals surface area contributed by atoms with Crippen molar-refractivity contribution < 1.29 is 5.11 Å². The Morgan fingerprint density at radius 3 is 2.64 bits per heavy atom. The van der Waals surface area contributed by atoms with Crippen molar-refractivity contribution in [2.24, 2.45) is 5.73 Å². The van der Waals surface area contributed by atoms with Crippen molar-refractivity contribution in [3.63, 3.8) is 0 Å². The maximum Gasteiger partial charge on any atom is 0.0886 e. The molecule has 0 radical (unpaired) electrons. The molecule has 14 heavy (non-hydrogen) atoms. The summed E-state index contributed by atoms with van der Waals surface area (Å²) in [5, 5.41) is 10.3. The van der Waals surface area contributed by atoms with Gasteiger partial charge in [-0.3, -0.25) is 0 Å². The van der Waals surface area contributed by atoms with Gasteiger partial charge in [-0.05, 0) is 44.1 Å². The predicted molar refractivity (Wildman–Crippen MR) is 57.9 cm³/mol. The van der Waals surface area contributed by atoms with Crippen molar-refractivity contribution in [1.82, 2.24) is 0 Å². The molecular weight excluding hydrogens is 174 g/mol. The van der Waals surface area contributed by atoms with Gasteiger partial charge in [0.25, 0.3) is 0 Å². The van der Waals surface area contributed by atoms with E-state index < -0.39 is 5.60 Å². The Balaban J connectivity index is 2.00. The van der Waals surface area contributed by atoms with Crippen LogP contribution in [0.25, 0.3) is 0 Å². The van der Waals surface area contributed by atoms with Crippen LogP contribution in [-0.2, 0) is 0 Å². The molecule has 0 unspecified atom stereocenters. The van der Waals surface area contributed by atoms with Gasteiger partial charge < -0.3 is 10.8 Å². The fourth-order valence-electron chi connectivity index (χ4n) is 2.68. The highest BCUT2D eigenvalue weighted by Crippen LogP contribution is 2.40. The second-order valence-corrected chi connectivity index (χ2v) is 4.88. The maximum atomic E-state index is 10.3. The second-order valence-electron chi connectivity index (χ2n) is 4.88. The third kappa shape index (κ3) is 2.01. The number of nitrogens with two attached hydrogens (primary N) is 1. The van der Waals surface area contributed by atoms with E-state index in [9.17, 15) is 5.11 Å². The number of rotatable bonds is 1. The molecule has 2 nitrogen and oxygen atoms in total. The average molecular weight is 195 g/mol. The zero-order chi connectivity index (χ0) is 10.0. The van der Waals surface area contributed by atoms with Crippen molar-refractivity contribution in [2.75, 3.05) is 0 Å².